The highest BCUT2D eigenvalue weighted by atomic mass is 32.2. The van der Waals surface area contributed by atoms with Gasteiger partial charge in [0.2, 0.25) is 10.0 Å². The fourth-order valence-corrected chi connectivity index (χ4v) is 4.03. The third kappa shape index (κ3) is 2.26. The molecule has 0 radical (unpaired) electrons. The molecule has 0 saturated carbocycles. The van der Waals surface area contributed by atoms with E-state index in [1.165, 1.54) is 12.1 Å². The Labute approximate surface area is 115 Å². The molecule has 1 saturated heterocycles. The Morgan fingerprint density at radius 3 is 2.80 bits per heavy atom. The Bertz CT molecular complexity index is 696. The predicted molar refractivity (Wildman–Crippen MR) is 65.7 cm³/mol. The highest BCUT2D eigenvalue weighted by Gasteiger charge is 2.40. The number of halogens is 1. The number of benzene rings is 1. The second kappa shape index (κ2) is 5.19. The minimum absolute atomic E-state index is 0.0423. The fraction of sp³-hybridized carbons (Fsp3) is 0.333. The molecule has 1 heterocycles. The van der Waals surface area contributed by atoms with Crippen LogP contribution in [0.1, 0.15) is 18.4 Å². The Balaban J connectivity index is 2.54. The molecule has 1 unspecified atom stereocenters. The Morgan fingerprint density at radius 2 is 2.20 bits per heavy atom. The smallest absolute Gasteiger partial charge is 0.322 e. The van der Waals surface area contributed by atoms with Crippen molar-refractivity contribution in [3.63, 3.8) is 0 Å². The van der Waals surface area contributed by atoms with Crippen molar-refractivity contribution in [3.05, 3.63) is 29.6 Å². The Hall–Kier alpha value is -1.98. The molecule has 8 heteroatoms. The second-order valence-electron chi connectivity index (χ2n) is 4.34. The quantitative estimate of drug-likeness (QED) is 0.895. The molecular weight excluding hydrogens is 287 g/mol. The van der Waals surface area contributed by atoms with Gasteiger partial charge in [-0.3, -0.25) is 4.79 Å². The van der Waals surface area contributed by atoms with Crippen molar-refractivity contribution in [3.8, 4) is 6.07 Å². The van der Waals surface area contributed by atoms with Gasteiger partial charge in [0.05, 0.1) is 0 Å². The zero-order chi connectivity index (χ0) is 14.9. The predicted octanol–water partition coefficient (Wildman–Crippen LogP) is 0.935. The number of carboxylic acid groups (broad SMARTS) is 1. The molecule has 0 aliphatic carbocycles. The second-order valence-corrected chi connectivity index (χ2v) is 6.20. The molecule has 2 rings (SSSR count). The fourth-order valence-electron chi connectivity index (χ4n) is 2.23. The molecular formula is C12H11FN2O4S. The van der Waals surface area contributed by atoms with Gasteiger partial charge in [0.1, 0.15) is 28.4 Å². The summed E-state index contributed by atoms with van der Waals surface area (Å²) in [6.45, 7) is 0.0423. The van der Waals surface area contributed by atoms with Crippen LogP contribution in [0, 0.1) is 17.1 Å². The van der Waals surface area contributed by atoms with Crippen molar-refractivity contribution in [1.82, 2.24) is 4.31 Å². The summed E-state index contributed by atoms with van der Waals surface area (Å²) in [5.41, 5.74) is -0.594. The van der Waals surface area contributed by atoms with Gasteiger partial charge in [0.15, 0.2) is 0 Å². The maximum absolute atomic E-state index is 13.5. The topological polar surface area (TPSA) is 98.5 Å². The summed E-state index contributed by atoms with van der Waals surface area (Å²) in [6, 6.07) is 3.60. The minimum Gasteiger partial charge on any atom is -0.480 e. The van der Waals surface area contributed by atoms with Crippen LogP contribution >= 0.6 is 0 Å². The van der Waals surface area contributed by atoms with E-state index in [4.69, 9.17) is 10.4 Å². The highest BCUT2D eigenvalue weighted by Crippen LogP contribution is 2.28. The van der Waals surface area contributed by atoms with E-state index in [1.807, 2.05) is 0 Å². The van der Waals surface area contributed by atoms with Crippen LogP contribution in [0.3, 0.4) is 0 Å². The number of aliphatic carboxylic acids is 1. The number of carbonyl (C=O) groups is 1. The van der Waals surface area contributed by atoms with Crippen LogP contribution in [-0.2, 0) is 14.8 Å². The van der Waals surface area contributed by atoms with Gasteiger partial charge in [0, 0.05) is 6.54 Å². The molecule has 1 aliphatic rings. The molecule has 1 atom stereocenters. The largest absolute Gasteiger partial charge is 0.480 e. The number of nitriles is 1. The van der Waals surface area contributed by atoms with Crippen molar-refractivity contribution in [2.24, 2.45) is 0 Å². The normalized spacial score (nSPS) is 19.7. The average Bonchev–Trinajstić information content (AvgIpc) is 2.88. The summed E-state index contributed by atoms with van der Waals surface area (Å²) in [7, 11) is -4.21. The summed E-state index contributed by atoms with van der Waals surface area (Å²) in [5, 5.41) is 17.9. The lowest BCUT2D eigenvalue weighted by Gasteiger charge is -2.21. The van der Waals surface area contributed by atoms with Crippen LogP contribution in [0.4, 0.5) is 4.39 Å². The zero-order valence-corrected chi connectivity index (χ0v) is 11.1. The zero-order valence-electron chi connectivity index (χ0n) is 10.3. The first-order chi connectivity index (χ1) is 9.39. The van der Waals surface area contributed by atoms with Gasteiger partial charge >= 0.3 is 5.97 Å². The number of sulfonamides is 1. The van der Waals surface area contributed by atoms with Crippen molar-refractivity contribution in [2.75, 3.05) is 6.54 Å². The Kier molecular flexibility index (Phi) is 3.74. The summed E-state index contributed by atoms with van der Waals surface area (Å²) >= 11 is 0. The Morgan fingerprint density at radius 1 is 1.50 bits per heavy atom. The monoisotopic (exact) mass is 298 g/mol. The number of hydrogen-bond donors (Lipinski definition) is 1. The molecule has 0 amide bonds. The maximum Gasteiger partial charge on any atom is 0.322 e. The molecule has 6 nitrogen and oxygen atoms in total. The number of nitrogens with zero attached hydrogens (tertiary/aromatic N) is 2. The third-order valence-corrected chi connectivity index (χ3v) is 5.11. The van der Waals surface area contributed by atoms with Crippen LogP contribution in [0.15, 0.2) is 23.1 Å². The first-order valence-corrected chi connectivity index (χ1v) is 7.27. The molecule has 0 bridgehead atoms. The standard InChI is InChI=1S/C12H11FN2O4S/c13-9-3-1-5-11(8(9)7-14)20(18,19)15-6-2-4-10(15)12(16)17/h1,3,5,10H,2,4,6H2,(H,16,17). The van der Waals surface area contributed by atoms with Gasteiger partial charge in [-0.2, -0.15) is 9.57 Å². The third-order valence-electron chi connectivity index (χ3n) is 3.16. The lowest BCUT2D eigenvalue weighted by atomic mass is 10.2. The van der Waals surface area contributed by atoms with E-state index in [2.05, 4.69) is 0 Å². The van der Waals surface area contributed by atoms with Crippen molar-refractivity contribution in [2.45, 2.75) is 23.8 Å². The van der Waals surface area contributed by atoms with Crippen LogP contribution < -0.4 is 0 Å². The number of hydrogen-bond acceptors (Lipinski definition) is 4. The molecule has 1 fully saturated rings. The van der Waals surface area contributed by atoms with Crippen LogP contribution in [-0.4, -0.2) is 36.4 Å². The van der Waals surface area contributed by atoms with E-state index < -0.39 is 38.3 Å². The van der Waals surface area contributed by atoms with Crippen molar-refractivity contribution in [1.29, 1.82) is 5.26 Å². The van der Waals surface area contributed by atoms with Crippen LogP contribution in [0.2, 0.25) is 0 Å². The highest BCUT2D eigenvalue weighted by molar-refractivity contribution is 7.89. The van der Waals surface area contributed by atoms with Crippen LogP contribution in [0.5, 0.6) is 0 Å². The lowest BCUT2D eigenvalue weighted by Crippen LogP contribution is -2.40. The first-order valence-electron chi connectivity index (χ1n) is 5.83. The minimum atomic E-state index is -4.21. The van der Waals surface area contributed by atoms with E-state index in [-0.39, 0.29) is 13.0 Å². The first kappa shape index (κ1) is 14.4. The molecule has 1 aromatic rings. The van der Waals surface area contributed by atoms with E-state index in [9.17, 15) is 17.6 Å². The van der Waals surface area contributed by atoms with Gasteiger partial charge in [-0.1, -0.05) is 6.07 Å². The van der Waals surface area contributed by atoms with Gasteiger partial charge in [-0.25, -0.2) is 12.8 Å². The van der Waals surface area contributed by atoms with Crippen molar-refractivity contribution >= 4 is 16.0 Å². The van der Waals surface area contributed by atoms with Crippen molar-refractivity contribution < 1.29 is 22.7 Å². The molecule has 0 aromatic heterocycles. The van der Waals surface area contributed by atoms with Crippen LogP contribution in [0.25, 0.3) is 0 Å². The van der Waals surface area contributed by atoms with Gasteiger partial charge in [-0.05, 0) is 25.0 Å². The van der Waals surface area contributed by atoms with Gasteiger partial charge < -0.3 is 5.11 Å². The number of rotatable bonds is 3. The van der Waals surface area contributed by atoms with Gasteiger partial charge in [0.25, 0.3) is 0 Å². The lowest BCUT2D eigenvalue weighted by molar-refractivity contribution is -0.140. The summed E-state index contributed by atoms with van der Waals surface area (Å²) in [5.74, 6) is -2.19. The van der Waals surface area contributed by atoms with E-state index in [0.717, 1.165) is 16.4 Å². The van der Waals surface area contributed by atoms with E-state index in [0.29, 0.717) is 6.42 Å². The summed E-state index contributed by atoms with van der Waals surface area (Å²) in [6.07, 6.45) is 0.610. The molecule has 106 valence electrons. The molecule has 1 aliphatic heterocycles. The van der Waals surface area contributed by atoms with Gasteiger partial charge in [-0.15, -0.1) is 0 Å². The maximum atomic E-state index is 13.5. The van der Waals surface area contributed by atoms with E-state index >= 15 is 0 Å². The molecule has 20 heavy (non-hydrogen) atoms. The molecule has 1 aromatic carbocycles. The summed E-state index contributed by atoms with van der Waals surface area (Å²) in [4.78, 5) is 10.6. The van der Waals surface area contributed by atoms with E-state index in [1.54, 1.807) is 0 Å². The molecule has 1 N–H and O–H groups in total. The SMILES string of the molecule is N#Cc1c(F)cccc1S(=O)(=O)N1CCCC1C(=O)O. The summed E-state index contributed by atoms with van der Waals surface area (Å²) < 4.78 is 39.2. The molecule has 0 spiro atoms. The number of carboxylic acids is 1. The average molecular weight is 298 g/mol.